The number of ether oxygens (including phenoxy) is 2. The number of nitrogens with one attached hydrogen (secondary N) is 1. The third-order valence-corrected chi connectivity index (χ3v) is 4.73. The summed E-state index contributed by atoms with van der Waals surface area (Å²) in [5.41, 5.74) is 2.13. The summed E-state index contributed by atoms with van der Waals surface area (Å²) in [7, 11) is 5.00. The number of hydrogen-bond donors (Lipinski definition) is 1. The third-order valence-electron chi connectivity index (χ3n) is 4.49. The van der Waals surface area contributed by atoms with Crippen molar-refractivity contribution in [2.45, 2.75) is 26.4 Å². The SMILES string of the molecule is COc1cc(C)c(CN(C)[C@@H](C)C(=O)Nc2ccc(Cl)cc2F)cc1OC. The molecule has 0 spiro atoms. The predicted octanol–water partition coefficient (Wildman–Crippen LogP) is 4.26. The Labute approximate surface area is 164 Å². The van der Waals surface area contributed by atoms with E-state index in [-0.39, 0.29) is 16.6 Å². The molecule has 1 atom stereocenters. The number of carbonyl (C=O) groups excluding carboxylic acids is 1. The summed E-state index contributed by atoms with van der Waals surface area (Å²) in [5, 5.41) is 2.88. The monoisotopic (exact) mass is 394 g/mol. The molecule has 0 saturated heterocycles. The second-order valence-corrected chi connectivity index (χ2v) is 6.77. The zero-order valence-electron chi connectivity index (χ0n) is 16.1. The van der Waals surface area contributed by atoms with Crippen LogP contribution in [0, 0.1) is 12.7 Å². The molecule has 0 radical (unpaired) electrons. The lowest BCUT2D eigenvalue weighted by Crippen LogP contribution is -2.39. The van der Waals surface area contributed by atoms with Gasteiger partial charge in [0.15, 0.2) is 11.5 Å². The van der Waals surface area contributed by atoms with Crippen LogP contribution >= 0.6 is 11.6 Å². The van der Waals surface area contributed by atoms with Crippen LogP contribution in [0.4, 0.5) is 10.1 Å². The highest BCUT2D eigenvalue weighted by atomic mass is 35.5. The van der Waals surface area contributed by atoms with E-state index >= 15 is 0 Å². The van der Waals surface area contributed by atoms with Gasteiger partial charge in [0.05, 0.1) is 25.9 Å². The quantitative estimate of drug-likeness (QED) is 0.762. The molecular weight excluding hydrogens is 371 g/mol. The zero-order chi connectivity index (χ0) is 20.1. The van der Waals surface area contributed by atoms with Gasteiger partial charge in [0.2, 0.25) is 5.91 Å². The van der Waals surface area contributed by atoms with Crippen LogP contribution in [0.25, 0.3) is 0 Å². The number of benzene rings is 2. The van der Waals surface area contributed by atoms with E-state index in [1.54, 1.807) is 21.1 Å². The van der Waals surface area contributed by atoms with Crippen LogP contribution in [-0.4, -0.2) is 38.1 Å². The number of anilines is 1. The van der Waals surface area contributed by atoms with Gasteiger partial charge in [-0.2, -0.15) is 0 Å². The Balaban J connectivity index is 2.10. The number of likely N-dealkylation sites (N-methyl/N-ethyl adjacent to an activating group) is 1. The number of nitrogens with zero attached hydrogens (tertiary/aromatic N) is 1. The molecule has 2 rings (SSSR count). The minimum Gasteiger partial charge on any atom is -0.493 e. The topological polar surface area (TPSA) is 50.8 Å². The van der Waals surface area contributed by atoms with Gasteiger partial charge in [0.1, 0.15) is 5.82 Å². The highest BCUT2D eigenvalue weighted by Gasteiger charge is 2.21. The number of rotatable bonds is 7. The first-order valence-electron chi connectivity index (χ1n) is 8.44. The predicted molar refractivity (Wildman–Crippen MR) is 105 cm³/mol. The van der Waals surface area contributed by atoms with Crippen molar-refractivity contribution in [3.8, 4) is 11.5 Å². The molecule has 1 amide bonds. The zero-order valence-corrected chi connectivity index (χ0v) is 16.9. The van der Waals surface area contributed by atoms with Crippen LogP contribution in [0.2, 0.25) is 5.02 Å². The maximum atomic E-state index is 13.9. The second-order valence-electron chi connectivity index (χ2n) is 6.34. The maximum absolute atomic E-state index is 13.9. The maximum Gasteiger partial charge on any atom is 0.241 e. The molecule has 0 bridgehead atoms. The fourth-order valence-electron chi connectivity index (χ4n) is 2.63. The average molecular weight is 395 g/mol. The molecule has 1 N–H and O–H groups in total. The fourth-order valence-corrected chi connectivity index (χ4v) is 2.79. The van der Waals surface area contributed by atoms with Gasteiger partial charge in [-0.25, -0.2) is 4.39 Å². The number of aryl methyl sites for hydroxylation is 1. The minimum absolute atomic E-state index is 0.104. The molecule has 5 nitrogen and oxygen atoms in total. The number of amides is 1. The standard InChI is InChI=1S/C20H24ClFN2O3/c1-12-8-18(26-4)19(27-5)9-14(12)11-24(3)13(2)20(25)23-17-7-6-15(21)10-16(17)22/h6-10,13H,11H2,1-5H3,(H,23,25)/t13-/m0/s1. The lowest BCUT2D eigenvalue weighted by molar-refractivity contribution is -0.120. The van der Waals surface area contributed by atoms with Gasteiger partial charge in [-0.1, -0.05) is 11.6 Å². The lowest BCUT2D eigenvalue weighted by atomic mass is 10.1. The second kappa shape index (κ2) is 9.06. The summed E-state index contributed by atoms with van der Waals surface area (Å²) < 4.78 is 24.5. The van der Waals surface area contributed by atoms with Crippen LogP contribution in [0.5, 0.6) is 11.5 Å². The Kier molecular flexibility index (Phi) is 7.05. The van der Waals surface area contributed by atoms with Gasteiger partial charge < -0.3 is 14.8 Å². The Morgan fingerprint density at radius 1 is 1.22 bits per heavy atom. The Bertz CT molecular complexity index is 829. The molecule has 146 valence electrons. The average Bonchev–Trinajstić information content (AvgIpc) is 2.64. The van der Waals surface area contributed by atoms with Gasteiger partial charge in [-0.05, 0) is 62.4 Å². The molecule has 0 aliphatic rings. The summed E-state index contributed by atoms with van der Waals surface area (Å²) in [6, 6.07) is 7.46. The van der Waals surface area contributed by atoms with Crippen molar-refractivity contribution >= 4 is 23.2 Å². The van der Waals surface area contributed by atoms with Crippen molar-refractivity contribution in [2.75, 3.05) is 26.6 Å². The number of halogens is 2. The first-order valence-corrected chi connectivity index (χ1v) is 8.82. The first-order chi connectivity index (χ1) is 12.8. The molecule has 0 aliphatic heterocycles. The first kappa shape index (κ1) is 21.0. The molecule has 0 heterocycles. The molecule has 2 aromatic rings. The molecule has 0 aliphatic carbocycles. The minimum atomic E-state index is -0.568. The van der Waals surface area contributed by atoms with E-state index < -0.39 is 11.9 Å². The van der Waals surface area contributed by atoms with E-state index in [0.717, 1.165) is 11.1 Å². The highest BCUT2D eigenvalue weighted by molar-refractivity contribution is 6.30. The third kappa shape index (κ3) is 5.11. The van der Waals surface area contributed by atoms with E-state index in [4.69, 9.17) is 21.1 Å². The molecule has 27 heavy (non-hydrogen) atoms. The van der Waals surface area contributed by atoms with Crippen LogP contribution < -0.4 is 14.8 Å². The molecule has 0 unspecified atom stereocenters. The Hall–Kier alpha value is -2.31. The molecule has 0 fully saturated rings. The molecule has 2 aromatic carbocycles. The fraction of sp³-hybridized carbons (Fsp3) is 0.350. The van der Waals surface area contributed by atoms with Crippen molar-refractivity contribution in [1.29, 1.82) is 0 Å². The van der Waals surface area contributed by atoms with Crippen LogP contribution in [0.3, 0.4) is 0 Å². The van der Waals surface area contributed by atoms with Crippen LogP contribution in [-0.2, 0) is 11.3 Å². The summed E-state index contributed by atoms with van der Waals surface area (Å²) >= 11 is 5.74. The number of methoxy groups -OCH3 is 2. The number of hydrogen-bond acceptors (Lipinski definition) is 4. The normalized spacial score (nSPS) is 12.0. The van der Waals surface area contributed by atoms with Crippen molar-refractivity contribution in [3.05, 3.63) is 52.3 Å². The van der Waals surface area contributed by atoms with E-state index in [1.807, 2.05) is 31.0 Å². The van der Waals surface area contributed by atoms with Crippen molar-refractivity contribution in [2.24, 2.45) is 0 Å². The highest BCUT2D eigenvalue weighted by Crippen LogP contribution is 2.31. The molecule has 7 heteroatoms. The van der Waals surface area contributed by atoms with E-state index in [0.29, 0.717) is 18.0 Å². The van der Waals surface area contributed by atoms with Gasteiger partial charge in [-0.3, -0.25) is 9.69 Å². The Morgan fingerprint density at radius 3 is 2.44 bits per heavy atom. The molecule has 0 saturated carbocycles. The molecular formula is C20H24ClFN2O3. The number of carbonyl (C=O) groups is 1. The van der Waals surface area contributed by atoms with E-state index in [1.165, 1.54) is 18.2 Å². The summed E-state index contributed by atoms with van der Waals surface area (Å²) in [6.45, 7) is 4.25. The van der Waals surface area contributed by atoms with Crippen molar-refractivity contribution in [3.63, 3.8) is 0 Å². The van der Waals surface area contributed by atoms with Crippen molar-refractivity contribution in [1.82, 2.24) is 4.90 Å². The summed E-state index contributed by atoms with van der Waals surface area (Å²) in [5.74, 6) is 0.413. The van der Waals surface area contributed by atoms with Gasteiger partial charge >= 0.3 is 0 Å². The van der Waals surface area contributed by atoms with Crippen LogP contribution in [0.1, 0.15) is 18.1 Å². The van der Waals surface area contributed by atoms with Gasteiger partial charge in [-0.15, -0.1) is 0 Å². The molecule has 0 aromatic heterocycles. The largest absolute Gasteiger partial charge is 0.493 e. The van der Waals surface area contributed by atoms with Gasteiger partial charge in [0, 0.05) is 11.6 Å². The van der Waals surface area contributed by atoms with Gasteiger partial charge in [0.25, 0.3) is 0 Å². The summed E-state index contributed by atoms with van der Waals surface area (Å²) in [4.78, 5) is 14.4. The van der Waals surface area contributed by atoms with Crippen LogP contribution in [0.15, 0.2) is 30.3 Å². The van der Waals surface area contributed by atoms with Crippen molar-refractivity contribution < 1.29 is 18.7 Å². The smallest absolute Gasteiger partial charge is 0.241 e. The van der Waals surface area contributed by atoms with E-state index in [2.05, 4.69) is 5.32 Å². The van der Waals surface area contributed by atoms with E-state index in [9.17, 15) is 9.18 Å². The Morgan fingerprint density at radius 2 is 1.85 bits per heavy atom. The lowest BCUT2D eigenvalue weighted by Gasteiger charge is -2.25. The summed E-state index contributed by atoms with van der Waals surface area (Å²) in [6.07, 6.45) is 0.